The maximum Gasteiger partial charge on any atom is 0.245 e. The molecule has 0 radical (unpaired) electrons. The van der Waals surface area contributed by atoms with Crippen LogP contribution in [0.15, 0.2) is 54.7 Å². The fraction of sp³-hybridized carbons (Fsp3) is 0.429. The number of aromatic amines is 1. The maximum absolute atomic E-state index is 13.9. The lowest BCUT2D eigenvalue weighted by Gasteiger charge is -2.29. The molecule has 188 valence electrons. The summed E-state index contributed by atoms with van der Waals surface area (Å²) >= 11 is 11.6. The van der Waals surface area contributed by atoms with Crippen LogP contribution in [-0.2, 0) is 11.2 Å². The van der Waals surface area contributed by atoms with Gasteiger partial charge in [-0.1, -0.05) is 69.3 Å². The smallest absolute Gasteiger partial charge is 0.245 e. The van der Waals surface area contributed by atoms with E-state index in [0.29, 0.717) is 16.6 Å². The average molecular weight is 513 g/mol. The van der Waals surface area contributed by atoms with Crippen LogP contribution < -0.4 is 10.6 Å². The molecule has 3 rings (SSSR count). The molecule has 0 saturated carbocycles. The number of hydrogen-bond acceptors (Lipinski definition) is 2. The molecule has 0 fully saturated rings. The van der Waals surface area contributed by atoms with E-state index in [2.05, 4.69) is 41.6 Å². The summed E-state index contributed by atoms with van der Waals surface area (Å²) < 4.78 is 0. The van der Waals surface area contributed by atoms with Gasteiger partial charge in [0.1, 0.15) is 6.04 Å². The molecular weight excluding hydrogens is 476 g/mol. The minimum Gasteiger partial charge on any atom is -0.361 e. The van der Waals surface area contributed by atoms with Gasteiger partial charge in [0.25, 0.3) is 0 Å². The molecular formula is C28H37ClN4OS. The summed E-state index contributed by atoms with van der Waals surface area (Å²) in [5.41, 5.74) is 2.99. The number of nitrogens with one attached hydrogen (secondary N) is 3. The molecule has 35 heavy (non-hydrogen) atoms. The predicted octanol–water partition coefficient (Wildman–Crippen LogP) is 6.93. The third kappa shape index (κ3) is 8.25. The highest BCUT2D eigenvalue weighted by Crippen LogP contribution is 2.20. The van der Waals surface area contributed by atoms with Gasteiger partial charge in [-0.2, -0.15) is 0 Å². The second kappa shape index (κ2) is 14.1. The van der Waals surface area contributed by atoms with E-state index in [1.54, 1.807) is 0 Å². The Morgan fingerprint density at radius 1 is 1.00 bits per heavy atom. The summed E-state index contributed by atoms with van der Waals surface area (Å²) in [7, 11) is 0. The predicted molar refractivity (Wildman–Crippen MR) is 152 cm³/mol. The SMILES string of the molecule is CCCCCN(CCCCC)C(=O)[C@H](Cc1c[nH]c2ccccc12)NC(=S)Nc1ccc(Cl)cc1. The number of thiocarbonyl (C=S) groups is 1. The Bertz CT molecular complexity index is 1070. The lowest BCUT2D eigenvalue weighted by Crippen LogP contribution is -2.51. The first-order valence-electron chi connectivity index (χ1n) is 12.7. The summed E-state index contributed by atoms with van der Waals surface area (Å²) in [5, 5.41) is 8.74. The molecule has 1 heterocycles. The topological polar surface area (TPSA) is 60.2 Å². The molecule has 0 aliphatic carbocycles. The molecule has 0 aliphatic rings. The van der Waals surface area contributed by atoms with Gasteiger partial charge < -0.3 is 20.5 Å². The molecule has 0 aliphatic heterocycles. The Morgan fingerprint density at radius 3 is 2.31 bits per heavy atom. The zero-order valence-electron chi connectivity index (χ0n) is 20.8. The number of amides is 1. The zero-order chi connectivity index (χ0) is 25.0. The molecule has 0 unspecified atom stereocenters. The van der Waals surface area contributed by atoms with E-state index in [0.717, 1.165) is 73.8 Å². The summed E-state index contributed by atoms with van der Waals surface area (Å²) in [4.78, 5) is 19.2. The molecule has 1 aromatic heterocycles. The summed E-state index contributed by atoms with van der Waals surface area (Å²) in [5.74, 6) is 0.0998. The quantitative estimate of drug-likeness (QED) is 0.172. The second-order valence-corrected chi connectivity index (χ2v) is 9.81. The van der Waals surface area contributed by atoms with Crippen molar-refractivity contribution in [2.75, 3.05) is 18.4 Å². The number of rotatable bonds is 13. The van der Waals surface area contributed by atoms with E-state index in [-0.39, 0.29) is 5.91 Å². The highest BCUT2D eigenvalue weighted by molar-refractivity contribution is 7.80. The van der Waals surface area contributed by atoms with Crippen molar-refractivity contribution in [2.45, 2.75) is 64.8 Å². The van der Waals surface area contributed by atoms with E-state index in [9.17, 15) is 4.79 Å². The Balaban J connectivity index is 1.80. The summed E-state index contributed by atoms with van der Waals surface area (Å²) in [6.45, 7) is 5.93. The number of carbonyl (C=O) groups excluding carboxylic acids is 1. The van der Waals surface area contributed by atoms with E-state index < -0.39 is 6.04 Å². The molecule has 3 aromatic rings. The second-order valence-electron chi connectivity index (χ2n) is 8.96. The number of halogens is 1. The fourth-order valence-corrected chi connectivity index (χ4v) is 4.62. The van der Waals surface area contributed by atoms with Crippen molar-refractivity contribution >= 4 is 51.4 Å². The van der Waals surface area contributed by atoms with E-state index in [1.807, 2.05) is 47.5 Å². The van der Waals surface area contributed by atoms with Gasteiger partial charge in [-0.25, -0.2) is 0 Å². The first-order valence-corrected chi connectivity index (χ1v) is 13.5. The number of H-pyrrole nitrogens is 1. The van der Waals surface area contributed by atoms with Crippen LogP contribution in [0.25, 0.3) is 10.9 Å². The lowest BCUT2D eigenvalue weighted by molar-refractivity contribution is -0.133. The number of fused-ring (bicyclic) bond motifs is 1. The zero-order valence-corrected chi connectivity index (χ0v) is 22.4. The van der Waals surface area contributed by atoms with Gasteiger partial charge in [-0.05, 0) is 61.0 Å². The molecule has 1 amide bonds. The Morgan fingerprint density at radius 2 is 1.66 bits per heavy atom. The molecule has 0 bridgehead atoms. The van der Waals surface area contributed by atoms with Gasteiger partial charge in [0.2, 0.25) is 5.91 Å². The van der Waals surface area contributed by atoms with Crippen molar-refractivity contribution < 1.29 is 4.79 Å². The van der Waals surface area contributed by atoms with E-state index in [4.69, 9.17) is 23.8 Å². The Kier molecular flexibility index (Phi) is 10.9. The van der Waals surface area contributed by atoms with Crippen LogP contribution in [0.2, 0.25) is 5.02 Å². The number of unbranched alkanes of at least 4 members (excludes halogenated alkanes) is 4. The molecule has 3 N–H and O–H groups in total. The molecule has 7 heteroatoms. The van der Waals surface area contributed by atoms with Crippen molar-refractivity contribution in [3.63, 3.8) is 0 Å². The van der Waals surface area contributed by atoms with Crippen LogP contribution in [0.1, 0.15) is 57.9 Å². The molecule has 1 atom stereocenters. The highest BCUT2D eigenvalue weighted by Gasteiger charge is 2.26. The Hall–Kier alpha value is -2.57. The van der Waals surface area contributed by atoms with Crippen molar-refractivity contribution in [2.24, 2.45) is 0 Å². The number of anilines is 1. The summed E-state index contributed by atoms with van der Waals surface area (Å²) in [6, 6.07) is 15.1. The number of carbonyl (C=O) groups is 1. The van der Waals surface area contributed by atoms with Crippen molar-refractivity contribution in [3.05, 3.63) is 65.3 Å². The number of hydrogen-bond donors (Lipinski definition) is 3. The van der Waals surface area contributed by atoms with Crippen molar-refractivity contribution in [1.82, 2.24) is 15.2 Å². The van der Waals surface area contributed by atoms with Gasteiger partial charge >= 0.3 is 0 Å². The molecule has 0 spiro atoms. The van der Waals surface area contributed by atoms with Crippen LogP contribution in [0.5, 0.6) is 0 Å². The average Bonchev–Trinajstić information content (AvgIpc) is 3.26. The van der Waals surface area contributed by atoms with Crippen LogP contribution in [0.3, 0.4) is 0 Å². The standard InChI is InChI=1S/C28H37ClN4OS/c1-3-5-9-17-33(18-10-6-4-2)27(34)26(19-21-20-30-25-12-8-7-11-24(21)25)32-28(35)31-23-15-13-22(29)14-16-23/h7-8,11-16,20,26,30H,3-6,9-10,17-19H2,1-2H3,(H2,31,32,35)/t26-/m0/s1. The largest absolute Gasteiger partial charge is 0.361 e. The Labute approximate surface area is 219 Å². The van der Waals surface area contributed by atoms with Crippen molar-refractivity contribution in [1.29, 1.82) is 0 Å². The normalized spacial score (nSPS) is 11.9. The minimum atomic E-state index is -0.468. The van der Waals surface area contributed by atoms with Crippen molar-refractivity contribution in [3.8, 4) is 0 Å². The number of para-hydroxylation sites is 1. The summed E-state index contributed by atoms with van der Waals surface area (Å²) in [6.07, 6.45) is 9.07. The van der Waals surface area contributed by atoms with E-state index in [1.165, 1.54) is 0 Å². The first-order chi connectivity index (χ1) is 17.0. The minimum absolute atomic E-state index is 0.0998. The van der Waals surface area contributed by atoms with Gasteiger partial charge in [-0.15, -0.1) is 0 Å². The fourth-order valence-electron chi connectivity index (χ4n) is 4.24. The van der Waals surface area contributed by atoms with Gasteiger partial charge in [-0.3, -0.25) is 4.79 Å². The third-order valence-corrected chi connectivity index (χ3v) is 6.65. The molecule has 0 saturated heterocycles. The van der Waals surface area contributed by atoms with Gasteiger partial charge in [0.05, 0.1) is 0 Å². The number of nitrogens with zero attached hydrogens (tertiary/aromatic N) is 1. The van der Waals surface area contributed by atoms with Gasteiger partial charge in [0, 0.05) is 47.3 Å². The molecule has 2 aromatic carbocycles. The van der Waals surface area contributed by atoms with Crippen LogP contribution >= 0.6 is 23.8 Å². The maximum atomic E-state index is 13.9. The number of aromatic nitrogens is 1. The van der Waals surface area contributed by atoms with Crippen LogP contribution in [-0.4, -0.2) is 40.0 Å². The third-order valence-electron chi connectivity index (χ3n) is 6.18. The van der Waals surface area contributed by atoms with Gasteiger partial charge in [0.15, 0.2) is 5.11 Å². The first kappa shape index (κ1) is 27.0. The number of benzene rings is 2. The van der Waals surface area contributed by atoms with Crippen LogP contribution in [0.4, 0.5) is 5.69 Å². The highest BCUT2D eigenvalue weighted by atomic mass is 35.5. The monoisotopic (exact) mass is 512 g/mol. The molecule has 5 nitrogen and oxygen atoms in total. The van der Waals surface area contributed by atoms with Crippen LogP contribution in [0, 0.1) is 0 Å². The lowest BCUT2D eigenvalue weighted by atomic mass is 10.0. The van der Waals surface area contributed by atoms with E-state index >= 15 is 0 Å².